The van der Waals surface area contributed by atoms with Gasteiger partial charge in [0.05, 0.1) is 6.61 Å². The van der Waals surface area contributed by atoms with E-state index in [-0.39, 0.29) is 32.9 Å². The number of rotatable bonds is 23. The number of nitrogens with one attached hydrogen (secondary N) is 5. The van der Waals surface area contributed by atoms with Gasteiger partial charge >= 0.3 is 26.7 Å². The minimum Gasteiger partial charge on any atom is -0.437 e. The Hall–Kier alpha value is -4.04. The van der Waals surface area contributed by atoms with Gasteiger partial charge in [-0.1, -0.05) is 69.5 Å². The minimum absolute atomic E-state index is 0. The maximum Gasteiger partial charge on any atom is 0.321 e. The fraction of sp³-hybridized carbons (Fsp3) is 0.488. The molecule has 0 atom stereocenters. The van der Waals surface area contributed by atoms with Crippen molar-refractivity contribution in [3.8, 4) is 0 Å². The molecule has 0 bridgehead atoms. The number of amides is 6. The van der Waals surface area contributed by atoms with Gasteiger partial charge < -0.3 is 44.1 Å². The standard InChI is InChI=1S/C39H63N7O6Si3.2CH4/c1-8-50-41-27-31-46(39(49)44-36-24-16-11-17-25-36)29-19-33-54(4,5)52-55(6,7)51-53(2,3)32-18-28-45(38(48)43-35-22-14-10-15-23-35)30-26-40-37(47)42-34-20-12-9-13-21-34;;/h9-17,20-25,41H,8,18-19,26-33H2,1-7H3,(H,43,48)(H,44,49)(H2,40,42,47);2*1H4. The number of hydrogen-bond donors (Lipinski definition) is 5. The number of urea groups is 3. The zero-order valence-corrected chi connectivity index (χ0v) is 36.8. The molecule has 6 amide bonds. The highest BCUT2D eigenvalue weighted by atomic mass is 28.5. The zero-order valence-electron chi connectivity index (χ0n) is 33.8. The summed E-state index contributed by atoms with van der Waals surface area (Å²) in [4.78, 5) is 47.9. The van der Waals surface area contributed by atoms with Crippen molar-refractivity contribution in [2.45, 2.75) is 86.0 Å². The van der Waals surface area contributed by atoms with Crippen LogP contribution in [0.4, 0.5) is 31.4 Å². The second-order valence-corrected chi connectivity index (χ2v) is 27.4. The molecule has 16 heteroatoms. The largest absolute Gasteiger partial charge is 0.437 e. The van der Waals surface area contributed by atoms with Gasteiger partial charge in [-0.2, -0.15) is 0 Å². The van der Waals surface area contributed by atoms with E-state index in [9.17, 15) is 14.4 Å². The Kier molecular flexibility index (Phi) is 23.3. The average Bonchev–Trinajstić information content (AvgIpc) is 3.12. The van der Waals surface area contributed by atoms with E-state index in [4.69, 9.17) is 13.1 Å². The predicted octanol–water partition coefficient (Wildman–Crippen LogP) is 9.62. The minimum atomic E-state index is -2.51. The predicted molar refractivity (Wildman–Crippen MR) is 244 cm³/mol. The molecule has 0 saturated carbocycles. The topological polar surface area (TPSA) is 146 Å². The number of carbonyl (C=O) groups is 3. The van der Waals surface area contributed by atoms with E-state index in [1.165, 1.54) is 0 Å². The lowest BCUT2D eigenvalue weighted by Crippen LogP contribution is -2.52. The van der Waals surface area contributed by atoms with E-state index in [0.29, 0.717) is 57.3 Å². The number of para-hydroxylation sites is 3. The summed E-state index contributed by atoms with van der Waals surface area (Å²) in [7, 11) is -6.85. The SMILES string of the molecule is C.C.CCONCCN(CCC[Si](C)(C)O[Si](C)(C)O[Si](C)(C)CCCN(CCNC(=O)Nc1ccccc1)C(=O)Nc1ccccc1)C(=O)Nc1ccccc1. The molecule has 0 heterocycles. The molecule has 0 aliphatic rings. The summed E-state index contributed by atoms with van der Waals surface area (Å²) < 4.78 is 13.8. The van der Waals surface area contributed by atoms with E-state index in [1.807, 2.05) is 103 Å². The molecule has 5 N–H and O–H groups in total. The van der Waals surface area contributed by atoms with Crippen molar-refractivity contribution in [2.75, 3.05) is 61.8 Å². The molecule has 13 nitrogen and oxygen atoms in total. The van der Waals surface area contributed by atoms with Crippen molar-refractivity contribution in [3.05, 3.63) is 91.0 Å². The van der Waals surface area contributed by atoms with E-state index < -0.39 is 25.2 Å². The first-order chi connectivity index (χ1) is 26.2. The second kappa shape index (κ2) is 26.1. The van der Waals surface area contributed by atoms with Crippen LogP contribution in [-0.2, 0) is 13.1 Å². The molecule has 0 fully saturated rings. The highest BCUT2D eigenvalue weighted by molar-refractivity contribution is 6.87. The van der Waals surface area contributed by atoms with Crippen LogP contribution < -0.4 is 26.7 Å². The van der Waals surface area contributed by atoms with Gasteiger partial charge in [0, 0.05) is 56.3 Å². The molecule has 0 aromatic heterocycles. The zero-order chi connectivity index (χ0) is 40.2. The van der Waals surface area contributed by atoms with Crippen molar-refractivity contribution in [3.63, 3.8) is 0 Å². The lowest BCUT2D eigenvalue weighted by Gasteiger charge is -2.39. The Morgan fingerprint density at radius 1 is 0.561 bits per heavy atom. The third-order valence-corrected chi connectivity index (χ3v) is 20.0. The first kappa shape index (κ1) is 51.0. The monoisotopic (exact) mass is 841 g/mol. The Bertz CT molecular complexity index is 1570. The Morgan fingerprint density at radius 2 is 0.947 bits per heavy atom. The number of hydrogen-bond acceptors (Lipinski definition) is 7. The van der Waals surface area contributed by atoms with Crippen molar-refractivity contribution in [1.82, 2.24) is 20.6 Å². The van der Waals surface area contributed by atoms with Crippen LogP contribution in [0.3, 0.4) is 0 Å². The van der Waals surface area contributed by atoms with E-state index >= 15 is 0 Å². The molecule has 0 aliphatic heterocycles. The van der Waals surface area contributed by atoms with Gasteiger partial charge in [-0.05, 0) is 108 Å². The average molecular weight is 842 g/mol. The van der Waals surface area contributed by atoms with E-state index in [2.05, 4.69) is 66.0 Å². The molecule has 318 valence electrons. The van der Waals surface area contributed by atoms with Crippen molar-refractivity contribution in [1.29, 1.82) is 0 Å². The molecule has 0 spiro atoms. The summed E-state index contributed by atoms with van der Waals surface area (Å²) in [6.45, 7) is 18.4. The fourth-order valence-corrected chi connectivity index (χ4v) is 20.3. The third kappa shape index (κ3) is 21.3. The van der Waals surface area contributed by atoms with E-state index in [1.54, 1.807) is 4.90 Å². The van der Waals surface area contributed by atoms with Gasteiger partial charge in [0.25, 0.3) is 0 Å². The molecule has 3 rings (SSSR count). The van der Waals surface area contributed by atoms with Gasteiger partial charge in [-0.25, -0.2) is 19.9 Å². The van der Waals surface area contributed by atoms with Gasteiger partial charge in [-0.15, -0.1) is 0 Å². The Labute approximate surface area is 346 Å². The maximum absolute atomic E-state index is 13.4. The van der Waals surface area contributed by atoms with Crippen molar-refractivity contribution >= 4 is 60.4 Å². The number of benzene rings is 3. The number of hydroxylamine groups is 1. The molecule has 3 aromatic carbocycles. The second-order valence-electron chi connectivity index (χ2n) is 15.0. The number of carbonyl (C=O) groups excluding carboxylic acids is 3. The maximum atomic E-state index is 13.4. The fourth-order valence-electron chi connectivity index (χ4n) is 6.28. The molecule has 3 aromatic rings. The highest BCUT2D eigenvalue weighted by Gasteiger charge is 2.39. The van der Waals surface area contributed by atoms with Gasteiger partial charge in [0.15, 0.2) is 16.6 Å². The lowest BCUT2D eigenvalue weighted by atomic mass is 10.3. The number of anilines is 3. The Morgan fingerprint density at radius 3 is 1.35 bits per heavy atom. The summed E-state index contributed by atoms with van der Waals surface area (Å²) in [5.41, 5.74) is 5.08. The first-order valence-electron chi connectivity index (χ1n) is 19.2. The molecular weight excluding hydrogens is 771 g/mol. The van der Waals surface area contributed by atoms with E-state index in [0.717, 1.165) is 30.6 Å². The highest BCUT2D eigenvalue weighted by Crippen LogP contribution is 2.26. The Balaban J connectivity index is 0.00000812. The summed E-state index contributed by atoms with van der Waals surface area (Å²) in [5.74, 6) is 0. The van der Waals surface area contributed by atoms with Crippen LogP contribution in [0.5, 0.6) is 0 Å². The van der Waals surface area contributed by atoms with Crippen LogP contribution in [0, 0.1) is 0 Å². The molecule has 0 saturated heterocycles. The molecular formula is C41H71N7O6Si3. The summed E-state index contributed by atoms with van der Waals surface area (Å²) >= 11 is 0. The van der Waals surface area contributed by atoms with Crippen LogP contribution in [0.15, 0.2) is 91.0 Å². The summed E-state index contributed by atoms with van der Waals surface area (Å²) in [5, 5.41) is 11.7. The van der Waals surface area contributed by atoms with Gasteiger partial charge in [0.1, 0.15) is 0 Å². The lowest BCUT2D eigenvalue weighted by molar-refractivity contribution is 0.0472. The van der Waals surface area contributed by atoms with Crippen LogP contribution in [0.1, 0.15) is 34.6 Å². The normalized spacial score (nSPS) is 11.4. The van der Waals surface area contributed by atoms with Gasteiger partial charge in [0.2, 0.25) is 0 Å². The molecule has 0 unspecified atom stereocenters. The van der Waals surface area contributed by atoms with Crippen LogP contribution >= 0.6 is 0 Å². The molecule has 0 radical (unpaired) electrons. The number of nitrogens with zero attached hydrogens (tertiary/aromatic N) is 2. The third-order valence-electron chi connectivity index (χ3n) is 8.51. The van der Waals surface area contributed by atoms with Crippen LogP contribution in [0.25, 0.3) is 0 Å². The smallest absolute Gasteiger partial charge is 0.321 e. The summed E-state index contributed by atoms with van der Waals surface area (Å²) in [6, 6.07) is 29.1. The summed E-state index contributed by atoms with van der Waals surface area (Å²) in [6.07, 6.45) is 1.56. The van der Waals surface area contributed by atoms with Crippen LogP contribution in [0.2, 0.25) is 51.4 Å². The molecule has 0 aliphatic carbocycles. The first-order valence-corrected chi connectivity index (χ1v) is 28.3. The van der Waals surface area contributed by atoms with Crippen molar-refractivity contribution < 1.29 is 27.5 Å². The van der Waals surface area contributed by atoms with Gasteiger partial charge in [-0.3, -0.25) is 0 Å². The quantitative estimate of drug-likeness (QED) is 0.0363. The van der Waals surface area contributed by atoms with Crippen LogP contribution in [-0.4, -0.2) is 99.0 Å². The molecule has 57 heavy (non-hydrogen) atoms. The van der Waals surface area contributed by atoms with Crippen molar-refractivity contribution in [2.24, 2.45) is 0 Å².